The van der Waals surface area contributed by atoms with E-state index in [2.05, 4.69) is 29.9 Å². The van der Waals surface area contributed by atoms with Gasteiger partial charge in [0.15, 0.2) is 0 Å². The van der Waals surface area contributed by atoms with Crippen LogP contribution < -0.4 is 25.7 Å². The Morgan fingerprint density at radius 2 is 1.31 bits per heavy atom. The maximum Gasteiger partial charge on any atom is 0.225 e. The minimum Gasteiger partial charge on any atom is -0.489 e. The lowest BCUT2D eigenvalue weighted by atomic mass is 10.0. The number of hydrogen-bond acceptors (Lipinski definition) is 12. The summed E-state index contributed by atoms with van der Waals surface area (Å²) in [7, 11) is 0. The third-order valence-electron chi connectivity index (χ3n) is 7.03. The first kappa shape index (κ1) is 31.7. The SMILES string of the molecule is Nc1cnc(-c2ccc(-c3c(OCCOc4ncccc4-c4ccc(-c5cnc(N)nc5)c(F)c4)ccnc3OCCO)cc2F)cn1. The lowest BCUT2D eigenvalue weighted by molar-refractivity contribution is 0.194. The van der Waals surface area contributed by atoms with Crippen LogP contribution in [-0.4, -0.2) is 61.4 Å². The van der Waals surface area contributed by atoms with E-state index in [1.165, 1.54) is 43.1 Å². The molecule has 0 fully saturated rings. The Balaban J connectivity index is 1.19. The van der Waals surface area contributed by atoms with E-state index in [-0.39, 0.29) is 55.5 Å². The highest BCUT2D eigenvalue weighted by atomic mass is 19.1. The van der Waals surface area contributed by atoms with Gasteiger partial charge in [-0.2, -0.15) is 0 Å². The Kier molecular flexibility index (Phi) is 9.53. The van der Waals surface area contributed by atoms with Gasteiger partial charge in [-0.05, 0) is 47.5 Å². The second-order valence-corrected chi connectivity index (χ2v) is 10.2. The molecule has 2 aromatic carbocycles. The van der Waals surface area contributed by atoms with E-state index in [0.717, 1.165) is 0 Å². The van der Waals surface area contributed by atoms with Crippen LogP contribution in [0.15, 0.2) is 91.8 Å². The third-order valence-corrected chi connectivity index (χ3v) is 7.03. The van der Waals surface area contributed by atoms with Crippen LogP contribution in [0, 0.1) is 11.6 Å². The van der Waals surface area contributed by atoms with Gasteiger partial charge in [-0.15, -0.1) is 0 Å². The van der Waals surface area contributed by atoms with Crippen molar-refractivity contribution >= 4 is 11.8 Å². The fraction of sp³-hybridized carbons (Fsp3) is 0.118. The van der Waals surface area contributed by atoms with Crippen molar-refractivity contribution in [3.63, 3.8) is 0 Å². The van der Waals surface area contributed by atoms with Crippen molar-refractivity contribution in [1.29, 1.82) is 0 Å². The van der Waals surface area contributed by atoms with Gasteiger partial charge in [0.05, 0.1) is 30.3 Å². The number of aliphatic hydroxyl groups excluding tert-OH is 1. The van der Waals surface area contributed by atoms with Gasteiger partial charge in [0.25, 0.3) is 0 Å². The highest BCUT2D eigenvalue weighted by Crippen LogP contribution is 2.39. The number of nitrogen functional groups attached to an aromatic ring is 2. The Hall–Kier alpha value is -6.28. The maximum atomic E-state index is 15.4. The number of aromatic nitrogens is 6. The Bertz CT molecular complexity index is 2030. The number of nitrogens with zero attached hydrogens (tertiary/aromatic N) is 6. The number of anilines is 2. The molecule has 0 saturated carbocycles. The molecule has 0 aliphatic rings. The molecule has 6 aromatic rings. The number of pyridine rings is 2. The number of aliphatic hydroxyl groups is 1. The molecule has 0 saturated heterocycles. The zero-order valence-corrected chi connectivity index (χ0v) is 25.3. The van der Waals surface area contributed by atoms with Crippen molar-refractivity contribution in [1.82, 2.24) is 29.9 Å². The molecule has 0 unspecified atom stereocenters. The molecule has 0 aliphatic heterocycles. The third kappa shape index (κ3) is 7.08. The smallest absolute Gasteiger partial charge is 0.225 e. The highest BCUT2D eigenvalue weighted by molar-refractivity contribution is 5.77. The zero-order chi connectivity index (χ0) is 33.5. The van der Waals surface area contributed by atoms with Gasteiger partial charge in [0.2, 0.25) is 17.7 Å². The molecule has 0 radical (unpaired) electrons. The first-order valence-corrected chi connectivity index (χ1v) is 14.6. The molecule has 4 heterocycles. The van der Waals surface area contributed by atoms with Gasteiger partial charge >= 0.3 is 0 Å². The molecule has 0 aliphatic carbocycles. The minimum absolute atomic E-state index is 0.0358. The largest absolute Gasteiger partial charge is 0.489 e. The van der Waals surface area contributed by atoms with Gasteiger partial charge in [-0.3, -0.25) is 4.98 Å². The zero-order valence-electron chi connectivity index (χ0n) is 25.3. The summed E-state index contributed by atoms with van der Waals surface area (Å²) in [5.41, 5.74) is 14.4. The molecule has 0 spiro atoms. The molecule has 48 heavy (non-hydrogen) atoms. The monoisotopic (exact) mass is 650 g/mol. The van der Waals surface area contributed by atoms with E-state index in [0.29, 0.717) is 44.8 Å². The molecule has 5 N–H and O–H groups in total. The molecule has 12 nitrogen and oxygen atoms in total. The van der Waals surface area contributed by atoms with Crippen LogP contribution in [0.4, 0.5) is 20.5 Å². The number of nitrogens with two attached hydrogens (primary N) is 2. The Morgan fingerprint density at radius 3 is 2.06 bits per heavy atom. The van der Waals surface area contributed by atoms with Crippen LogP contribution in [0.2, 0.25) is 0 Å². The molecule has 242 valence electrons. The minimum atomic E-state index is -0.563. The second kappa shape index (κ2) is 14.4. The van der Waals surface area contributed by atoms with Crippen LogP contribution in [0.5, 0.6) is 17.5 Å². The van der Waals surface area contributed by atoms with Gasteiger partial charge in [-0.25, -0.2) is 33.7 Å². The molecular formula is C34H28F2N8O4. The average Bonchev–Trinajstić information content (AvgIpc) is 3.10. The summed E-state index contributed by atoms with van der Waals surface area (Å²) in [6.07, 6.45) is 8.69. The molecule has 14 heteroatoms. The molecule has 6 rings (SSSR count). The van der Waals surface area contributed by atoms with Gasteiger partial charge in [0.1, 0.15) is 43.0 Å². The highest BCUT2D eigenvalue weighted by Gasteiger charge is 2.19. The summed E-state index contributed by atoms with van der Waals surface area (Å²) in [5, 5.41) is 9.34. The van der Waals surface area contributed by atoms with Crippen molar-refractivity contribution in [2.75, 3.05) is 37.9 Å². The summed E-state index contributed by atoms with van der Waals surface area (Å²) in [5.74, 6) is 0.0314. The quantitative estimate of drug-likeness (QED) is 0.151. The number of ether oxygens (including phenoxy) is 3. The van der Waals surface area contributed by atoms with E-state index in [4.69, 9.17) is 25.7 Å². The normalized spacial score (nSPS) is 10.9. The molecular weight excluding hydrogens is 622 g/mol. The van der Waals surface area contributed by atoms with Gasteiger partial charge in [0, 0.05) is 47.0 Å². The summed E-state index contributed by atoms with van der Waals surface area (Å²) >= 11 is 0. The fourth-order valence-electron chi connectivity index (χ4n) is 4.83. The van der Waals surface area contributed by atoms with Crippen molar-refractivity contribution in [2.24, 2.45) is 0 Å². The number of hydrogen-bond donors (Lipinski definition) is 3. The number of benzene rings is 2. The molecule has 4 aromatic heterocycles. The predicted molar refractivity (Wildman–Crippen MR) is 174 cm³/mol. The summed E-state index contributed by atoms with van der Waals surface area (Å²) in [4.78, 5) is 24.6. The first-order chi connectivity index (χ1) is 23.4. The van der Waals surface area contributed by atoms with Crippen LogP contribution >= 0.6 is 0 Å². The summed E-state index contributed by atoms with van der Waals surface area (Å²) < 4.78 is 48.2. The standard InChI is InChI=1S/C34H28F2N8O4/c35-26-14-20(3-5-23(26)22-16-43-34(38)44-17-22)24-2-1-8-39-32(24)48-13-12-46-29-7-9-40-33(47-11-10-45)31(29)21-4-6-25(27(36)15-21)28-18-42-30(37)19-41-28/h1-9,14-19,45H,10-13H2,(H2,37,42)(H2,38,43,44). The summed E-state index contributed by atoms with van der Waals surface area (Å²) in [6.45, 7) is -0.173. The van der Waals surface area contributed by atoms with E-state index in [1.54, 1.807) is 48.7 Å². The van der Waals surface area contributed by atoms with Crippen molar-refractivity contribution < 1.29 is 28.1 Å². The van der Waals surface area contributed by atoms with Crippen LogP contribution in [0.25, 0.3) is 44.6 Å². The maximum absolute atomic E-state index is 15.4. The lowest BCUT2D eigenvalue weighted by Crippen LogP contribution is -2.12. The van der Waals surface area contributed by atoms with Crippen molar-refractivity contribution in [3.05, 3.63) is 103 Å². The predicted octanol–water partition coefficient (Wildman–Crippen LogP) is 5.00. The molecule has 0 amide bonds. The fourth-order valence-corrected chi connectivity index (χ4v) is 4.83. The van der Waals surface area contributed by atoms with Crippen LogP contribution in [-0.2, 0) is 0 Å². The molecule has 0 atom stereocenters. The van der Waals surface area contributed by atoms with Crippen molar-refractivity contribution in [2.45, 2.75) is 0 Å². The molecule has 0 bridgehead atoms. The average molecular weight is 651 g/mol. The number of halogens is 2. The van der Waals surface area contributed by atoms with E-state index >= 15 is 8.78 Å². The van der Waals surface area contributed by atoms with Crippen LogP contribution in [0.3, 0.4) is 0 Å². The Morgan fingerprint density at radius 1 is 0.604 bits per heavy atom. The van der Waals surface area contributed by atoms with E-state index in [9.17, 15) is 5.11 Å². The van der Waals surface area contributed by atoms with Gasteiger partial charge < -0.3 is 30.8 Å². The topological polar surface area (TPSA) is 177 Å². The van der Waals surface area contributed by atoms with E-state index in [1.807, 2.05) is 0 Å². The first-order valence-electron chi connectivity index (χ1n) is 14.6. The van der Waals surface area contributed by atoms with Crippen LogP contribution in [0.1, 0.15) is 0 Å². The van der Waals surface area contributed by atoms with Crippen molar-refractivity contribution in [3.8, 4) is 62.1 Å². The number of rotatable bonds is 12. The van der Waals surface area contributed by atoms with Gasteiger partial charge in [-0.1, -0.05) is 18.2 Å². The summed E-state index contributed by atoms with van der Waals surface area (Å²) in [6, 6.07) is 14.4. The second-order valence-electron chi connectivity index (χ2n) is 10.2. The Labute approximate surface area is 273 Å². The lowest BCUT2D eigenvalue weighted by Gasteiger charge is -2.16. The van der Waals surface area contributed by atoms with E-state index < -0.39 is 11.6 Å².